The molecule has 0 radical (unpaired) electrons. The third-order valence-corrected chi connectivity index (χ3v) is 5.68. The van der Waals surface area contributed by atoms with Crippen LogP contribution in [-0.4, -0.2) is 24.1 Å². The Morgan fingerprint density at radius 1 is 1.07 bits per heavy atom. The van der Waals surface area contributed by atoms with E-state index in [1.807, 2.05) is 41.8 Å². The number of carbonyl (C=O) groups excluding carboxylic acids is 1. The van der Waals surface area contributed by atoms with Gasteiger partial charge in [-0.05, 0) is 36.1 Å². The zero-order chi connectivity index (χ0) is 18.2. The number of ether oxygens (including phenoxy) is 2. The van der Waals surface area contributed by atoms with Crippen LogP contribution in [0.15, 0.2) is 53.9 Å². The van der Waals surface area contributed by atoms with Crippen LogP contribution in [-0.2, 0) is 4.79 Å². The van der Waals surface area contributed by atoms with E-state index in [9.17, 15) is 4.79 Å². The first kappa shape index (κ1) is 16.3. The summed E-state index contributed by atoms with van der Waals surface area (Å²) >= 11 is 1.44. The number of hydrogen-bond donors (Lipinski definition) is 1. The molecule has 2 heterocycles. The van der Waals surface area contributed by atoms with E-state index in [1.165, 1.54) is 16.9 Å². The molecule has 1 aromatic heterocycles. The third kappa shape index (κ3) is 3.28. The van der Waals surface area contributed by atoms with Gasteiger partial charge in [-0.25, -0.2) is 4.98 Å². The van der Waals surface area contributed by atoms with Crippen molar-refractivity contribution < 1.29 is 14.3 Å². The molecular weight excluding hydrogens is 360 g/mol. The first-order valence-corrected chi connectivity index (χ1v) is 9.87. The highest BCUT2D eigenvalue weighted by atomic mass is 32.1. The molecule has 136 valence electrons. The van der Waals surface area contributed by atoms with Crippen LogP contribution >= 0.6 is 11.3 Å². The number of nitrogens with one attached hydrogen (secondary N) is 1. The predicted octanol–water partition coefficient (Wildman–Crippen LogP) is 4.32. The number of rotatable bonds is 4. The molecule has 1 N–H and O–H groups in total. The maximum Gasteiger partial charge on any atom is 0.229 e. The minimum atomic E-state index is 0.0362. The normalized spacial score (nSPS) is 20.1. The smallest absolute Gasteiger partial charge is 0.229 e. The van der Waals surface area contributed by atoms with Gasteiger partial charge < -0.3 is 14.8 Å². The van der Waals surface area contributed by atoms with E-state index >= 15 is 0 Å². The number of hydrogen-bond acceptors (Lipinski definition) is 5. The van der Waals surface area contributed by atoms with Crippen LogP contribution in [0.5, 0.6) is 11.5 Å². The van der Waals surface area contributed by atoms with Gasteiger partial charge in [0.15, 0.2) is 16.6 Å². The molecule has 3 aromatic rings. The van der Waals surface area contributed by atoms with Crippen molar-refractivity contribution in [3.05, 3.63) is 59.5 Å². The number of nitrogens with zero attached hydrogens (tertiary/aromatic N) is 1. The SMILES string of the molecule is O=C(Nc1nc(-c2ccc3c(c2)OCCO3)cs1)C1CC1c1ccccc1. The number of anilines is 1. The summed E-state index contributed by atoms with van der Waals surface area (Å²) in [6.07, 6.45) is 0.899. The van der Waals surface area contributed by atoms with Gasteiger partial charge in [-0.2, -0.15) is 0 Å². The Kier molecular flexibility index (Phi) is 4.05. The van der Waals surface area contributed by atoms with Crippen molar-refractivity contribution in [1.82, 2.24) is 4.98 Å². The second-order valence-corrected chi connectivity index (χ2v) is 7.60. The first-order valence-electron chi connectivity index (χ1n) is 8.99. The predicted molar refractivity (Wildman–Crippen MR) is 104 cm³/mol. The summed E-state index contributed by atoms with van der Waals surface area (Å²) in [4.78, 5) is 17.1. The van der Waals surface area contributed by atoms with Crippen molar-refractivity contribution in [3.63, 3.8) is 0 Å². The summed E-state index contributed by atoms with van der Waals surface area (Å²) in [5.74, 6) is 1.90. The van der Waals surface area contributed by atoms with Gasteiger partial charge in [-0.3, -0.25) is 4.79 Å². The van der Waals surface area contributed by atoms with Crippen LogP contribution in [0.1, 0.15) is 17.9 Å². The van der Waals surface area contributed by atoms with Crippen molar-refractivity contribution in [1.29, 1.82) is 0 Å². The molecule has 6 heteroatoms. The van der Waals surface area contributed by atoms with Crippen LogP contribution < -0.4 is 14.8 Å². The van der Waals surface area contributed by atoms with Crippen molar-refractivity contribution in [3.8, 4) is 22.8 Å². The van der Waals surface area contributed by atoms with Gasteiger partial charge in [0, 0.05) is 16.9 Å². The van der Waals surface area contributed by atoms with Gasteiger partial charge in [0.25, 0.3) is 0 Å². The van der Waals surface area contributed by atoms with E-state index < -0.39 is 0 Å². The van der Waals surface area contributed by atoms with Crippen LogP contribution in [0.3, 0.4) is 0 Å². The largest absolute Gasteiger partial charge is 0.486 e. The second kappa shape index (κ2) is 6.70. The summed E-state index contributed by atoms with van der Waals surface area (Å²) in [6.45, 7) is 1.13. The molecule has 5 nitrogen and oxygen atoms in total. The highest BCUT2D eigenvalue weighted by Crippen LogP contribution is 2.48. The second-order valence-electron chi connectivity index (χ2n) is 6.74. The zero-order valence-electron chi connectivity index (χ0n) is 14.6. The number of amides is 1. The minimum absolute atomic E-state index is 0.0362. The average molecular weight is 378 g/mol. The number of carbonyl (C=O) groups is 1. The number of thiazole rings is 1. The summed E-state index contributed by atoms with van der Waals surface area (Å²) < 4.78 is 11.2. The molecule has 5 rings (SSSR count). The molecule has 0 saturated heterocycles. The fraction of sp³-hybridized carbons (Fsp3) is 0.238. The van der Waals surface area contributed by atoms with Gasteiger partial charge in [0.2, 0.25) is 5.91 Å². The number of benzene rings is 2. The van der Waals surface area contributed by atoms with Crippen LogP contribution in [0.2, 0.25) is 0 Å². The maximum absolute atomic E-state index is 12.5. The fourth-order valence-corrected chi connectivity index (χ4v) is 4.14. The van der Waals surface area contributed by atoms with Gasteiger partial charge in [0.05, 0.1) is 5.69 Å². The first-order chi connectivity index (χ1) is 13.3. The van der Waals surface area contributed by atoms with Gasteiger partial charge >= 0.3 is 0 Å². The summed E-state index contributed by atoms with van der Waals surface area (Å²) in [7, 11) is 0. The molecule has 1 saturated carbocycles. The van der Waals surface area contributed by atoms with Crippen molar-refractivity contribution in [2.75, 3.05) is 18.5 Å². The van der Waals surface area contributed by atoms with Crippen molar-refractivity contribution in [2.45, 2.75) is 12.3 Å². The molecule has 0 spiro atoms. The minimum Gasteiger partial charge on any atom is -0.486 e. The lowest BCUT2D eigenvalue weighted by molar-refractivity contribution is -0.117. The van der Waals surface area contributed by atoms with Crippen LogP contribution in [0.25, 0.3) is 11.3 Å². The molecule has 2 aromatic carbocycles. The molecule has 1 amide bonds. The Morgan fingerprint density at radius 3 is 2.74 bits per heavy atom. The molecule has 1 fully saturated rings. The molecule has 2 aliphatic rings. The summed E-state index contributed by atoms with van der Waals surface area (Å²) in [5, 5.41) is 5.54. The molecule has 2 atom stereocenters. The lowest BCUT2D eigenvalue weighted by Gasteiger charge is -2.18. The Labute approximate surface area is 161 Å². The van der Waals surface area contributed by atoms with E-state index in [2.05, 4.69) is 22.4 Å². The fourth-order valence-electron chi connectivity index (χ4n) is 3.42. The average Bonchev–Trinajstić information content (AvgIpc) is 3.40. The summed E-state index contributed by atoms with van der Waals surface area (Å²) in [5.41, 5.74) is 3.00. The maximum atomic E-state index is 12.5. The highest BCUT2D eigenvalue weighted by Gasteiger charge is 2.44. The van der Waals surface area contributed by atoms with Crippen molar-refractivity contribution in [2.24, 2.45) is 5.92 Å². The molecular formula is C21H18N2O3S. The summed E-state index contributed by atoms with van der Waals surface area (Å²) in [6, 6.07) is 16.0. The molecule has 2 unspecified atom stereocenters. The lowest BCUT2D eigenvalue weighted by Crippen LogP contribution is -2.15. The quantitative estimate of drug-likeness (QED) is 0.734. The Balaban J connectivity index is 1.27. The van der Waals surface area contributed by atoms with E-state index in [1.54, 1.807) is 0 Å². The Bertz CT molecular complexity index is 986. The van der Waals surface area contributed by atoms with Crippen LogP contribution in [0, 0.1) is 5.92 Å². The molecule has 27 heavy (non-hydrogen) atoms. The lowest BCUT2D eigenvalue weighted by atomic mass is 10.1. The van der Waals surface area contributed by atoms with Gasteiger partial charge in [0.1, 0.15) is 13.2 Å². The van der Waals surface area contributed by atoms with Gasteiger partial charge in [-0.1, -0.05) is 30.3 Å². The van der Waals surface area contributed by atoms with E-state index in [0.717, 1.165) is 29.2 Å². The third-order valence-electron chi connectivity index (χ3n) is 4.93. The Morgan fingerprint density at radius 2 is 1.89 bits per heavy atom. The van der Waals surface area contributed by atoms with Crippen molar-refractivity contribution >= 4 is 22.4 Å². The molecule has 1 aliphatic heterocycles. The topological polar surface area (TPSA) is 60.5 Å². The number of aromatic nitrogens is 1. The molecule has 0 bridgehead atoms. The number of fused-ring (bicyclic) bond motifs is 1. The Hall–Kier alpha value is -2.86. The van der Waals surface area contributed by atoms with E-state index in [4.69, 9.17) is 9.47 Å². The van der Waals surface area contributed by atoms with Crippen LogP contribution in [0.4, 0.5) is 5.13 Å². The highest BCUT2D eigenvalue weighted by molar-refractivity contribution is 7.14. The zero-order valence-corrected chi connectivity index (χ0v) is 15.4. The van der Waals surface area contributed by atoms with Gasteiger partial charge in [-0.15, -0.1) is 11.3 Å². The standard InChI is InChI=1S/C21H18N2O3S/c24-20(16-11-15(16)13-4-2-1-3-5-13)23-21-22-17(12-27-21)14-6-7-18-19(10-14)26-9-8-25-18/h1-7,10,12,15-16H,8-9,11H2,(H,22,23,24). The van der Waals surface area contributed by atoms with E-state index in [0.29, 0.717) is 24.3 Å². The monoisotopic (exact) mass is 378 g/mol. The molecule has 1 aliphatic carbocycles. The van der Waals surface area contributed by atoms with E-state index in [-0.39, 0.29) is 11.8 Å².